The van der Waals surface area contributed by atoms with Crippen molar-refractivity contribution in [3.63, 3.8) is 0 Å². The molecule has 0 unspecified atom stereocenters. The molecule has 18 N–H and O–H groups in total. The quantitative estimate of drug-likeness (QED) is 0.0254. The van der Waals surface area contributed by atoms with Crippen LogP contribution in [0.4, 0.5) is 0 Å². The second-order valence-electron chi connectivity index (χ2n) is 12.2. The van der Waals surface area contributed by atoms with E-state index >= 15 is 0 Å². The molecule has 0 aliphatic rings. The van der Waals surface area contributed by atoms with E-state index in [1.54, 1.807) is 27.7 Å². The molecule has 0 aliphatic carbocycles. The number of primary amides is 1. The molecule has 5 atom stereocenters. The summed E-state index contributed by atoms with van der Waals surface area (Å²) in [4.78, 5) is 95.6. The molecule has 0 aliphatic heterocycles. The predicted molar refractivity (Wildman–Crippen MR) is 184 cm³/mol. The van der Waals surface area contributed by atoms with Crippen LogP contribution in [0.2, 0.25) is 0 Å². The summed E-state index contributed by atoms with van der Waals surface area (Å²) in [5, 5.41) is 21.7. The normalized spacial score (nSPS) is 13.8. The van der Waals surface area contributed by atoms with E-state index in [1.165, 1.54) is 0 Å². The first-order valence-corrected chi connectivity index (χ1v) is 16.1. The van der Waals surface area contributed by atoms with E-state index in [2.05, 4.69) is 36.6 Å². The Balaban J connectivity index is 6.03. The number of nitrogens with two attached hydrogens (primary N) is 6. The van der Waals surface area contributed by atoms with Crippen molar-refractivity contribution in [3.05, 3.63) is 0 Å². The fourth-order valence-electron chi connectivity index (χ4n) is 4.25. The highest BCUT2D eigenvalue weighted by molar-refractivity contribution is 5.95. The summed E-state index contributed by atoms with van der Waals surface area (Å²) in [6.07, 6.45) is -0.127. The summed E-state index contributed by atoms with van der Waals surface area (Å²) in [6.45, 7) is 6.43. The summed E-state index contributed by atoms with van der Waals surface area (Å²) in [5.74, 6) is -6.86. The zero-order valence-corrected chi connectivity index (χ0v) is 29.1. The predicted octanol–water partition coefficient (Wildman–Crippen LogP) is -4.86. The second-order valence-corrected chi connectivity index (χ2v) is 12.2. The SMILES string of the molecule is CC(C)[C@H](N)C(=O)N[C@H](C(=O)N[C@@H](CCCN=C(N)N)C(=O)N[C@@H](CCCN=C(N)N)C(=O)NCC(=O)N[C@@H](CCC(N)=O)C(=O)O)C(C)C. The molecule has 0 saturated heterocycles. The van der Waals surface area contributed by atoms with Crippen LogP contribution in [0.3, 0.4) is 0 Å². The van der Waals surface area contributed by atoms with Gasteiger partial charge in [0.2, 0.25) is 35.4 Å². The Morgan fingerprint density at radius 2 is 1.12 bits per heavy atom. The number of carboxylic acid groups (broad SMARTS) is 1. The molecule has 21 nitrogen and oxygen atoms in total. The number of carboxylic acids is 1. The van der Waals surface area contributed by atoms with E-state index in [1.807, 2.05) is 0 Å². The summed E-state index contributed by atoms with van der Waals surface area (Å²) in [6, 6.07) is -5.88. The van der Waals surface area contributed by atoms with Gasteiger partial charge in [-0.15, -0.1) is 0 Å². The van der Waals surface area contributed by atoms with Gasteiger partial charge in [-0.25, -0.2) is 4.79 Å². The molecule has 284 valence electrons. The molecule has 0 aromatic carbocycles. The summed E-state index contributed by atoms with van der Waals surface area (Å²) < 4.78 is 0. The number of aliphatic carboxylic acids is 1. The van der Waals surface area contributed by atoms with Crippen molar-refractivity contribution in [2.75, 3.05) is 19.6 Å². The molecular weight excluding hydrogens is 658 g/mol. The van der Waals surface area contributed by atoms with Crippen LogP contribution in [0.5, 0.6) is 0 Å². The van der Waals surface area contributed by atoms with Gasteiger partial charge in [-0.1, -0.05) is 27.7 Å². The standard InChI is InChI=1S/C29H55N13O8/c1-14(2)21(31)25(47)42-22(15(3)4)26(48)41-17(8-6-12-37-29(34)35)24(46)40-16(7-5-11-36-28(32)33)23(45)38-13-20(44)39-18(27(49)50)9-10-19(30)43/h14-18,21-22H,5-13,31H2,1-4H3,(H2,30,43)(H,38,45)(H,39,44)(H,40,46)(H,41,48)(H,42,47)(H,49,50)(H4,32,33,36)(H4,34,35,37)/t16-,17-,18-,21-,22-/m0/s1. The van der Waals surface area contributed by atoms with Gasteiger partial charge in [0.25, 0.3) is 0 Å². The Kier molecular flexibility index (Phi) is 20.8. The van der Waals surface area contributed by atoms with Crippen molar-refractivity contribution in [2.45, 2.75) is 96.4 Å². The van der Waals surface area contributed by atoms with Crippen LogP contribution in [0.15, 0.2) is 9.98 Å². The van der Waals surface area contributed by atoms with E-state index in [0.29, 0.717) is 0 Å². The third kappa shape index (κ3) is 19.0. The van der Waals surface area contributed by atoms with Crippen LogP contribution >= 0.6 is 0 Å². The van der Waals surface area contributed by atoms with Gasteiger partial charge in [0.15, 0.2) is 11.9 Å². The lowest BCUT2D eigenvalue weighted by molar-refractivity contribution is -0.142. The van der Waals surface area contributed by atoms with Gasteiger partial charge in [-0.05, 0) is 43.9 Å². The Hall–Kier alpha value is -5.21. The molecule has 6 amide bonds. The zero-order valence-electron chi connectivity index (χ0n) is 29.1. The van der Waals surface area contributed by atoms with E-state index in [-0.39, 0.29) is 69.5 Å². The fourth-order valence-corrected chi connectivity index (χ4v) is 4.25. The van der Waals surface area contributed by atoms with Crippen molar-refractivity contribution in [1.29, 1.82) is 0 Å². The number of guanidine groups is 2. The van der Waals surface area contributed by atoms with Crippen LogP contribution in [-0.4, -0.2) is 108 Å². The van der Waals surface area contributed by atoms with Crippen molar-refractivity contribution in [1.82, 2.24) is 26.6 Å². The number of rotatable bonds is 24. The van der Waals surface area contributed by atoms with Gasteiger partial charge in [-0.3, -0.25) is 38.8 Å². The van der Waals surface area contributed by atoms with Crippen molar-refractivity contribution < 1.29 is 38.7 Å². The Labute approximate surface area is 290 Å². The molecule has 0 spiro atoms. The molecule has 50 heavy (non-hydrogen) atoms. The minimum Gasteiger partial charge on any atom is -0.480 e. The Bertz CT molecular complexity index is 1230. The van der Waals surface area contributed by atoms with Crippen molar-refractivity contribution in [2.24, 2.45) is 56.2 Å². The lowest BCUT2D eigenvalue weighted by Gasteiger charge is -2.28. The first-order chi connectivity index (χ1) is 23.3. The Morgan fingerprint density at radius 3 is 1.56 bits per heavy atom. The summed E-state index contributed by atoms with van der Waals surface area (Å²) in [7, 11) is 0. The van der Waals surface area contributed by atoms with E-state index in [0.717, 1.165) is 0 Å². The van der Waals surface area contributed by atoms with Crippen LogP contribution in [0.1, 0.15) is 66.2 Å². The maximum Gasteiger partial charge on any atom is 0.326 e. The number of aliphatic imine (C=N–C) groups is 2. The third-order valence-corrected chi connectivity index (χ3v) is 7.16. The highest BCUT2D eigenvalue weighted by Crippen LogP contribution is 2.08. The van der Waals surface area contributed by atoms with Gasteiger partial charge in [-0.2, -0.15) is 0 Å². The first-order valence-electron chi connectivity index (χ1n) is 16.1. The smallest absolute Gasteiger partial charge is 0.326 e. The van der Waals surface area contributed by atoms with Gasteiger partial charge < -0.3 is 66.1 Å². The van der Waals surface area contributed by atoms with E-state index in [9.17, 15) is 38.7 Å². The second kappa shape index (κ2) is 23.2. The van der Waals surface area contributed by atoms with Crippen LogP contribution in [0, 0.1) is 11.8 Å². The van der Waals surface area contributed by atoms with Gasteiger partial charge in [0.05, 0.1) is 12.6 Å². The topological polar surface area (TPSA) is 381 Å². The van der Waals surface area contributed by atoms with E-state index in [4.69, 9.17) is 34.4 Å². The average molecular weight is 714 g/mol. The lowest BCUT2D eigenvalue weighted by atomic mass is 9.99. The van der Waals surface area contributed by atoms with Gasteiger partial charge in [0.1, 0.15) is 24.2 Å². The maximum atomic E-state index is 13.6. The van der Waals surface area contributed by atoms with Crippen molar-refractivity contribution >= 4 is 53.3 Å². The molecule has 0 saturated carbocycles. The number of carbonyl (C=O) groups excluding carboxylic acids is 6. The number of nitrogens with one attached hydrogen (secondary N) is 5. The monoisotopic (exact) mass is 713 g/mol. The first kappa shape index (κ1) is 44.8. The highest BCUT2D eigenvalue weighted by atomic mass is 16.4. The molecule has 0 bridgehead atoms. The zero-order chi connectivity index (χ0) is 38.6. The van der Waals surface area contributed by atoms with E-state index < -0.39 is 84.1 Å². The van der Waals surface area contributed by atoms with Gasteiger partial charge in [0, 0.05) is 19.5 Å². The fraction of sp³-hybridized carbons (Fsp3) is 0.690. The lowest BCUT2D eigenvalue weighted by Crippen LogP contribution is -2.59. The molecule has 21 heteroatoms. The summed E-state index contributed by atoms with van der Waals surface area (Å²) >= 11 is 0. The number of hydrogen-bond donors (Lipinski definition) is 12. The number of amides is 6. The maximum absolute atomic E-state index is 13.6. The molecule has 0 heterocycles. The summed E-state index contributed by atoms with van der Waals surface area (Å²) in [5.41, 5.74) is 32.5. The highest BCUT2D eigenvalue weighted by Gasteiger charge is 2.32. The molecule has 0 fully saturated rings. The Morgan fingerprint density at radius 1 is 0.620 bits per heavy atom. The number of carbonyl (C=O) groups is 7. The van der Waals surface area contributed by atoms with Crippen molar-refractivity contribution in [3.8, 4) is 0 Å². The van der Waals surface area contributed by atoms with Crippen LogP contribution in [0.25, 0.3) is 0 Å². The molecule has 0 aromatic rings. The van der Waals surface area contributed by atoms with Crippen LogP contribution in [-0.2, 0) is 33.6 Å². The molecule has 0 radical (unpaired) electrons. The number of hydrogen-bond acceptors (Lipinski definition) is 10. The average Bonchev–Trinajstić information content (AvgIpc) is 3.01. The molecule has 0 rings (SSSR count). The molecule has 0 aromatic heterocycles. The minimum absolute atomic E-state index is 0.0151. The molecular formula is C29H55N13O8. The van der Waals surface area contributed by atoms with Gasteiger partial charge >= 0.3 is 5.97 Å². The number of nitrogens with zero attached hydrogens (tertiary/aromatic N) is 2. The third-order valence-electron chi connectivity index (χ3n) is 7.16. The largest absolute Gasteiger partial charge is 0.480 e. The van der Waals surface area contributed by atoms with Crippen LogP contribution < -0.4 is 61.0 Å². The minimum atomic E-state index is -1.44.